The lowest BCUT2D eigenvalue weighted by molar-refractivity contribution is -0.384. The topological polar surface area (TPSA) is 109 Å². The van der Waals surface area contributed by atoms with Crippen LogP contribution in [0.2, 0.25) is 0 Å². The minimum absolute atomic E-state index is 0.0457. The Hall–Kier alpha value is -2.67. The summed E-state index contributed by atoms with van der Waals surface area (Å²) in [6.07, 6.45) is 0.160. The molecule has 0 saturated heterocycles. The quantitative estimate of drug-likeness (QED) is 0.511. The molecule has 0 aliphatic rings. The second-order valence-corrected chi connectivity index (χ2v) is 4.37. The summed E-state index contributed by atoms with van der Waals surface area (Å²) in [6, 6.07) is 8.68. The van der Waals surface area contributed by atoms with Crippen LogP contribution >= 0.6 is 0 Å². The van der Waals surface area contributed by atoms with Gasteiger partial charge >= 0.3 is 5.97 Å². The van der Waals surface area contributed by atoms with Crippen molar-refractivity contribution in [1.82, 2.24) is 0 Å². The minimum atomic E-state index is -0.834. The van der Waals surface area contributed by atoms with Crippen LogP contribution in [0.1, 0.15) is 5.76 Å². The molecule has 7 nitrogen and oxygen atoms in total. The molecule has 1 aromatic carbocycles. The van der Waals surface area contributed by atoms with Crippen molar-refractivity contribution in [3.05, 3.63) is 52.3 Å². The second kappa shape index (κ2) is 6.19. The van der Waals surface area contributed by atoms with E-state index < -0.39 is 16.9 Å². The van der Waals surface area contributed by atoms with Gasteiger partial charge in [-0.3, -0.25) is 14.9 Å². The molecule has 0 saturated carbocycles. The first kappa shape index (κ1) is 14.7. The third-order valence-corrected chi connectivity index (χ3v) is 2.95. The highest BCUT2D eigenvalue weighted by atomic mass is 16.6. The molecule has 0 bridgehead atoms. The van der Waals surface area contributed by atoms with Crippen LogP contribution in [0, 0.1) is 10.1 Å². The number of nitrogens with two attached hydrogens (primary N) is 1. The van der Waals surface area contributed by atoms with E-state index in [0.717, 1.165) is 0 Å². The fraction of sp³-hybridized carbons (Fsp3) is 0.214. The molecule has 7 heteroatoms. The number of ether oxygens (including phenoxy) is 1. The summed E-state index contributed by atoms with van der Waals surface area (Å²) in [4.78, 5) is 21.8. The molecule has 1 atom stereocenters. The zero-order valence-electron chi connectivity index (χ0n) is 11.3. The van der Waals surface area contributed by atoms with Crippen molar-refractivity contribution in [3.63, 3.8) is 0 Å². The average molecular weight is 290 g/mol. The standard InChI is InChI=1S/C14H14N2O5/c1-20-14(17)11(15)8-9-6-7-13(21-9)10-4-2-3-5-12(10)16(18)19/h2-7,11H,8,15H2,1H3. The van der Waals surface area contributed by atoms with E-state index in [0.29, 0.717) is 17.1 Å². The first-order chi connectivity index (χ1) is 10.0. The van der Waals surface area contributed by atoms with Crippen molar-refractivity contribution in [3.8, 4) is 11.3 Å². The molecule has 21 heavy (non-hydrogen) atoms. The van der Waals surface area contributed by atoms with E-state index in [-0.39, 0.29) is 12.1 Å². The molecule has 0 fully saturated rings. The summed E-state index contributed by atoms with van der Waals surface area (Å²) in [5.41, 5.74) is 5.97. The number of hydrogen-bond donors (Lipinski definition) is 1. The van der Waals surface area contributed by atoms with E-state index in [1.54, 1.807) is 30.3 Å². The Labute approximate surface area is 120 Å². The number of rotatable bonds is 5. The van der Waals surface area contributed by atoms with E-state index >= 15 is 0 Å². The third-order valence-electron chi connectivity index (χ3n) is 2.95. The van der Waals surface area contributed by atoms with Gasteiger partial charge < -0.3 is 14.9 Å². The Morgan fingerprint density at radius 3 is 2.76 bits per heavy atom. The summed E-state index contributed by atoms with van der Waals surface area (Å²) >= 11 is 0. The van der Waals surface area contributed by atoms with Crippen LogP contribution in [-0.2, 0) is 16.0 Å². The van der Waals surface area contributed by atoms with Gasteiger partial charge in [-0.25, -0.2) is 0 Å². The number of hydrogen-bond acceptors (Lipinski definition) is 6. The number of furan rings is 1. The summed E-state index contributed by atoms with van der Waals surface area (Å²) < 4.78 is 10.1. The van der Waals surface area contributed by atoms with E-state index in [9.17, 15) is 14.9 Å². The molecule has 0 aliphatic heterocycles. The SMILES string of the molecule is COC(=O)C(N)Cc1ccc(-c2ccccc2[N+](=O)[O-])o1. The first-order valence-corrected chi connectivity index (χ1v) is 6.19. The van der Waals surface area contributed by atoms with Gasteiger partial charge in [-0.1, -0.05) is 12.1 Å². The van der Waals surface area contributed by atoms with E-state index in [4.69, 9.17) is 10.2 Å². The zero-order chi connectivity index (χ0) is 15.4. The largest absolute Gasteiger partial charge is 0.468 e. The van der Waals surface area contributed by atoms with Gasteiger partial charge in [-0.15, -0.1) is 0 Å². The predicted octanol–water partition coefficient (Wildman–Crippen LogP) is 1.90. The molecular weight excluding hydrogens is 276 g/mol. The minimum Gasteiger partial charge on any atom is -0.468 e. The van der Waals surface area contributed by atoms with E-state index in [1.807, 2.05) is 0 Å². The molecule has 2 N–H and O–H groups in total. The second-order valence-electron chi connectivity index (χ2n) is 4.37. The summed E-state index contributed by atoms with van der Waals surface area (Å²) in [6.45, 7) is 0. The first-order valence-electron chi connectivity index (χ1n) is 6.19. The van der Waals surface area contributed by atoms with Crippen LogP contribution in [0.5, 0.6) is 0 Å². The van der Waals surface area contributed by atoms with Crippen molar-refractivity contribution in [2.75, 3.05) is 7.11 Å². The van der Waals surface area contributed by atoms with Gasteiger partial charge in [-0.05, 0) is 18.2 Å². The molecule has 2 rings (SSSR count). The van der Waals surface area contributed by atoms with Gasteiger partial charge in [0.15, 0.2) is 0 Å². The van der Waals surface area contributed by atoms with Gasteiger partial charge in [0.05, 0.1) is 17.6 Å². The number of nitro benzene ring substituents is 1. The molecule has 2 aromatic rings. The van der Waals surface area contributed by atoms with Crippen LogP contribution < -0.4 is 5.73 Å². The Morgan fingerprint density at radius 2 is 2.10 bits per heavy atom. The van der Waals surface area contributed by atoms with Gasteiger partial charge in [0.25, 0.3) is 5.69 Å². The number of nitro groups is 1. The number of methoxy groups -OCH3 is 1. The smallest absolute Gasteiger partial charge is 0.323 e. The number of nitrogens with zero attached hydrogens (tertiary/aromatic N) is 1. The highest BCUT2D eigenvalue weighted by molar-refractivity contribution is 5.75. The van der Waals surface area contributed by atoms with Crippen LogP contribution in [0.15, 0.2) is 40.8 Å². The Morgan fingerprint density at radius 1 is 1.38 bits per heavy atom. The molecule has 1 aromatic heterocycles. The number of benzene rings is 1. The Bertz CT molecular complexity index is 665. The van der Waals surface area contributed by atoms with Gasteiger partial charge in [-0.2, -0.15) is 0 Å². The lowest BCUT2D eigenvalue weighted by atomic mass is 10.1. The third kappa shape index (κ3) is 3.26. The Kier molecular flexibility index (Phi) is 4.34. The normalized spacial score (nSPS) is 11.9. The van der Waals surface area contributed by atoms with Crippen molar-refractivity contribution in [2.24, 2.45) is 5.73 Å². The monoisotopic (exact) mass is 290 g/mol. The summed E-state index contributed by atoms with van der Waals surface area (Å²) in [5.74, 6) is 0.272. The highest BCUT2D eigenvalue weighted by Crippen LogP contribution is 2.31. The molecule has 0 amide bonds. The maximum Gasteiger partial charge on any atom is 0.323 e. The van der Waals surface area contributed by atoms with E-state index in [2.05, 4.69) is 4.74 Å². The molecule has 0 aliphatic carbocycles. The summed E-state index contributed by atoms with van der Waals surface area (Å²) in [7, 11) is 1.25. The number of para-hydroxylation sites is 1. The van der Waals surface area contributed by atoms with Crippen molar-refractivity contribution in [2.45, 2.75) is 12.5 Å². The number of esters is 1. The molecule has 110 valence electrons. The van der Waals surface area contributed by atoms with Gasteiger partial charge in [0.2, 0.25) is 0 Å². The molecule has 0 radical (unpaired) electrons. The number of carbonyl (C=O) groups is 1. The van der Waals surface area contributed by atoms with Crippen molar-refractivity contribution >= 4 is 11.7 Å². The average Bonchev–Trinajstić information content (AvgIpc) is 2.94. The predicted molar refractivity (Wildman–Crippen MR) is 74.5 cm³/mol. The summed E-state index contributed by atoms with van der Waals surface area (Å²) in [5, 5.41) is 11.0. The van der Waals surface area contributed by atoms with Crippen molar-refractivity contribution in [1.29, 1.82) is 0 Å². The highest BCUT2D eigenvalue weighted by Gasteiger charge is 2.20. The van der Waals surface area contributed by atoms with Crippen molar-refractivity contribution < 1.29 is 18.9 Å². The van der Waals surface area contributed by atoms with Gasteiger partial charge in [0.1, 0.15) is 17.6 Å². The van der Waals surface area contributed by atoms with Crippen LogP contribution in [0.3, 0.4) is 0 Å². The zero-order valence-corrected chi connectivity index (χ0v) is 11.3. The van der Waals surface area contributed by atoms with Crippen LogP contribution in [0.4, 0.5) is 5.69 Å². The molecule has 1 unspecified atom stereocenters. The molecule has 1 heterocycles. The fourth-order valence-corrected chi connectivity index (χ4v) is 1.93. The fourth-order valence-electron chi connectivity index (χ4n) is 1.93. The van der Waals surface area contributed by atoms with E-state index in [1.165, 1.54) is 13.2 Å². The van der Waals surface area contributed by atoms with Crippen LogP contribution in [-0.4, -0.2) is 24.0 Å². The maximum atomic E-state index is 11.3. The molecular formula is C14H14N2O5. The lowest BCUT2D eigenvalue weighted by Crippen LogP contribution is -2.33. The van der Waals surface area contributed by atoms with Gasteiger partial charge in [0, 0.05) is 12.5 Å². The lowest BCUT2D eigenvalue weighted by Gasteiger charge is -2.06. The van der Waals surface area contributed by atoms with Crippen LogP contribution in [0.25, 0.3) is 11.3 Å². The molecule has 0 spiro atoms. The number of carbonyl (C=O) groups excluding carboxylic acids is 1. The Balaban J connectivity index is 2.25. The maximum absolute atomic E-state index is 11.3.